The average molecular weight is 423 g/mol. The molecule has 0 aliphatic rings. The molecule has 0 spiro atoms. The Hall–Kier alpha value is -1.06. The molecule has 178 valence electrons. The van der Waals surface area contributed by atoms with Crippen molar-refractivity contribution in [3.8, 4) is 0 Å². The topological polar surface area (TPSA) is 76.8 Å². The molecule has 0 aliphatic heterocycles. The summed E-state index contributed by atoms with van der Waals surface area (Å²) in [5, 5.41) is 0. The fourth-order valence-electron chi connectivity index (χ4n) is 3.76. The third-order valence-electron chi connectivity index (χ3n) is 5.85. The van der Waals surface area contributed by atoms with Crippen LogP contribution in [-0.2, 0) is 0 Å². The van der Waals surface area contributed by atoms with Gasteiger partial charge < -0.3 is 11.5 Å². The highest BCUT2D eigenvalue weighted by molar-refractivity contribution is 6.39. The number of nitrogens with two attached hydrogens (primary N) is 2. The van der Waals surface area contributed by atoms with Crippen molar-refractivity contribution in [3.63, 3.8) is 0 Å². The second-order valence-electron chi connectivity index (χ2n) is 8.90. The number of aliphatic imine (C=N–C) groups is 2. The fraction of sp³-hybridized carbons (Fsp3) is 0.923. The Kier molecular flexibility index (Phi) is 23.4. The summed E-state index contributed by atoms with van der Waals surface area (Å²) in [4.78, 5) is 8.80. The van der Waals surface area contributed by atoms with Gasteiger partial charge in [0.05, 0.1) is 0 Å². The number of unbranched alkanes of at least 4 members (excludes halogenated alkanes) is 18. The van der Waals surface area contributed by atoms with Gasteiger partial charge in [-0.1, -0.05) is 129 Å². The third kappa shape index (κ3) is 21.6. The van der Waals surface area contributed by atoms with Gasteiger partial charge in [-0.05, 0) is 12.8 Å². The number of hydrogen-bond acceptors (Lipinski definition) is 2. The van der Waals surface area contributed by atoms with Crippen molar-refractivity contribution in [2.24, 2.45) is 21.5 Å². The molecule has 0 aliphatic carbocycles. The minimum atomic E-state index is 0.429. The molecule has 0 saturated heterocycles. The van der Waals surface area contributed by atoms with Gasteiger partial charge in [0.2, 0.25) is 0 Å². The standard InChI is InChI=1S/C26H54N4/c1-3-5-7-9-11-13-15-17-19-21-23-29-25(27)26(28)30-24-22-20-18-16-14-12-10-8-6-4-2/h3-24H2,1-2H3,(H2,27,29)(H2,28,30). The molecule has 0 saturated carbocycles. The third-order valence-corrected chi connectivity index (χ3v) is 5.85. The van der Waals surface area contributed by atoms with Crippen LogP contribution in [0.2, 0.25) is 0 Å². The van der Waals surface area contributed by atoms with Crippen molar-refractivity contribution in [3.05, 3.63) is 0 Å². The second kappa shape index (κ2) is 24.2. The van der Waals surface area contributed by atoms with Gasteiger partial charge in [-0.25, -0.2) is 0 Å². The van der Waals surface area contributed by atoms with Crippen molar-refractivity contribution in [1.29, 1.82) is 0 Å². The van der Waals surface area contributed by atoms with Crippen LogP contribution in [0, 0.1) is 0 Å². The van der Waals surface area contributed by atoms with Gasteiger partial charge in [0.1, 0.15) is 0 Å². The van der Waals surface area contributed by atoms with E-state index < -0.39 is 0 Å². The van der Waals surface area contributed by atoms with Crippen molar-refractivity contribution in [2.45, 2.75) is 142 Å². The van der Waals surface area contributed by atoms with E-state index >= 15 is 0 Å². The molecule has 0 bridgehead atoms. The Morgan fingerprint density at radius 2 is 0.633 bits per heavy atom. The summed E-state index contributed by atoms with van der Waals surface area (Å²) in [6, 6.07) is 0. The van der Waals surface area contributed by atoms with Crippen molar-refractivity contribution in [1.82, 2.24) is 0 Å². The fourth-order valence-corrected chi connectivity index (χ4v) is 3.76. The molecule has 0 unspecified atom stereocenters. The van der Waals surface area contributed by atoms with E-state index in [0.29, 0.717) is 11.7 Å². The SMILES string of the molecule is CCCCCCCCCCCCN=C(N)C(N)=NCCCCCCCCCCCC. The van der Waals surface area contributed by atoms with Crippen LogP contribution in [0.1, 0.15) is 142 Å². The first-order valence-corrected chi connectivity index (χ1v) is 13.3. The van der Waals surface area contributed by atoms with Gasteiger partial charge in [0.25, 0.3) is 0 Å². The van der Waals surface area contributed by atoms with E-state index in [4.69, 9.17) is 11.5 Å². The van der Waals surface area contributed by atoms with E-state index in [2.05, 4.69) is 23.8 Å². The van der Waals surface area contributed by atoms with Crippen molar-refractivity contribution >= 4 is 11.7 Å². The molecule has 0 amide bonds. The van der Waals surface area contributed by atoms with Crippen LogP contribution >= 0.6 is 0 Å². The number of amidine groups is 2. The van der Waals surface area contributed by atoms with Gasteiger partial charge in [0, 0.05) is 13.1 Å². The van der Waals surface area contributed by atoms with Gasteiger partial charge >= 0.3 is 0 Å². The van der Waals surface area contributed by atoms with E-state index in [1.54, 1.807) is 0 Å². The lowest BCUT2D eigenvalue weighted by molar-refractivity contribution is 0.558. The highest BCUT2D eigenvalue weighted by Crippen LogP contribution is 2.11. The summed E-state index contributed by atoms with van der Waals surface area (Å²) in [5.41, 5.74) is 11.9. The highest BCUT2D eigenvalue weighted by atomic mass is 15.0. The molecule has 0 rings (SSSR count). The molecule has 0 aromatic carbocycles. The van der Waals surface area contributed by atoms with Crippen LogP contribution in [0.4, 0.5) is 0 Å². The van der Waals surface area contributed by atoms with Crippen LogP contribution < -0.4 is 11.5 Å². The van der Waals surface area contributed by atoms with E-state index in [1.165, 1.54) is 116 Å². The molecule has 30 heavy (non-hydrogen) atoms. The second-order valence-corrected chi connectivity index (χ2v) is 8.90. The summed E-state index contributed by atoms with van der Waals surface area (Å²) in [6.07, 6.45) is 26.7. The first-order chi connectivity index (χ1) is 14.7. The predicted octanol–water partition coefficient (Wildman–Crippen LogP) is 7.54. The quantitative estimate of drug-likeness (QED) is 0.107. The van der Waals surface area contributed by atoms with Gasteiger partial charge in [0.15, 0.2) is 11.7 Å². The summed E-state index contributed by atoms with van der Waals surface area (Å²) in [7, 11) is 0. The van der Waals surface area contributed by atoms with Gasteiger partial charge in [-0.15, -0.1) is 0 Å². The molecular weight excluding hydrogens is 368 g/mol. The minimum absolute atomic E-state index is 0.429. The molecule has 0 radical (unpaired) electrons. The maximum Gasteiger partial charge on any atom is 0.161 e. The lowest BCUT2D eigenvalue weighted by Crippen LogP contribution is -2.32. The minimum Gasteiger partial charge on any atom is -0.381 e. The number of rotatable bonds is 22. The summed E-state index contributed by atoms with van der Waals surface area (Å²) in [5.74, 6) is 0.857. The van der Waals surface area contributed by atoms with E-state index in [9.17, 15) is 0 Å². The zero-order valence-corrected chi connectivity index (χ0v) is 20.6. The molecule has 4 nitrogen and oxygen atoms in total. The Labute approximate surface area is 188 Å². The van der Waals surface area contributed by atoms with Gasteiger partial charge in [-0.3, -0.25) is 9.98 Å². The van der Waals surface area contributed by atoms with E-state index in [0.717, 1.165) is 25.9 Å². The van der Waals surface area contributed by atoms with Crippen molar-refractivity contribution < 1.29 is 0 Å². The Bertz CT molecular complexity index is 366. The normalized spacial score (nSPS) is 12.6. The zero-order valence-electron chi connectivity index (χ0n) is 20.6. The summed E-state index contributed by atoms with van der Waals surface area (Å²) in [6.45, 7) is 6.09. The lowest BCUT2D eigenvalue weighted by atomic mass is 10.1. The molecule has 4 N–H and O–H groups in total. The molecule has 0 fully saturated rings. The van der Waals surface area contributed by atoms with Crippen LogP contribution in [0.5, 0.6) is 0 Å². The molecule has 4 heteroatoms. The lowest BCUT2D eigenvalue weighted by Gasteiger charge is -2.03. The Morgan fingerprint density at radius 3 is 0.900 bits per heavy atom. The maximum atomic E-state index is 5.96. The average Bonchev–Trinajstić information content (AvgIpc) is 2.75. The summed E-state index contributed by atoms with van der Waals surface area (Å²) < 4.78 is 0. The molecule has 0 heterocycles. The van der Waals surface area contributed by atoms with E-state index in [1.807, 2.05) is 0 Å². The zero-order chi connectivity index (χ0) is 22.1. The van der Waals surface area contributed by atoms with Crippen LogP contribution in [0.25, 0.3) is 0 Å². The first kappa shape index (κ1) is 28.9. The van der Waals surface area contributed by atoms with Crippen molar-refractivity contribution in [2.75, 3.05) is 13.1 Å². The first-order valence-electron chi connectivity index (χ1n) is 13.3. The largest absolute Gasteiger partial charge is 0.381 e. The Balaban J connectivity index is 3.50. The van der Waals surface area contributed by atoms with Crippen LogP contribution in [-0.4, -0.2) is 24.8 Å². The van der Waals surface area contributed by atoms with E-state index in [-0.39, 0.29) is 0 Å². The Morgan fingerprint density at radius 1 is 0.400 bits per heavy atom. The maximum absolute atomic E-state index is 5.96. The molecule has 0 aromatic rings. The molecule has 0 atom stereocenters. The van der Waals surface area contributed by atoms with Gasteiger partial charge in [-0.2, -0.15) is 0 Å². The number of nitrogens with zero attached hydrogens (tertiary/aromatic N) is 2. The number of hydrogen-bond donors (Lipinski definition) is 2. The highest BCUT2D eigenvalue weighted by Gasteiger charge is 1.99. The summed E-state index contributed by atoms with van der Waals surface area (Å²) >= 11 is 0. The van der Waals surface area contributed by atoms with Crippen LogP contribution in [0.3, 0.4) is 0 Å². The molecular formula is C26H54N4. The monoisotopic (exact) mass is 422 g/mol. The smallest absolute Gasteiger partial charge is 0.161 e. The van der Waals surface area contributed by atoms with Crippen LogP contribution in [0.15, 0.2) is 9.98 Å². The predicted molar refractivity (Wildman–Crippen MR) is 137 cm³/mol. The molecule has 0 aromatic heterocycles.